The molecule has 0 saturated carbocycles. The van der Waals surface area contributed by atoms with E-state index in [1.165, 1.54) is 4.90 Å². The number of rotatable bonds is 4. The first kappa shape index (κ1) is 15.9. The largest absolute Gasteiger partial charge is 0.493 e. The van der Waals surface area contributed by atoms with Crippen LogP contribution >= 0.6 is 22.6 Å². The van der Waals surface area contributed by atoms with Gasteiger partial charge >= 0.3 is 6.18 Å². The Morgan fingerprint density at radius 1 is 1.35 bits per heavy atom. The lowest BCUT2D eigenvalue weighted by molar-refractivity contribution is -0.149. The zero-order valence-electron chi connectivity index (χ0n) is 11.0. The highest BCUT2D eigenvalue weighted by atomic mass is 127. The Hall–Kier alpha value is -0.500. The van der Waals surface area contributed by atoms with Crippen LogP contribution in [0.3, 0.4) is 0 Å². The van der Waals surface area contributed by atoms with Crippen molar-refractivity contribution in [3.8, 4) is 5.75 Å². The second-order valence-electron chi connectivity index (χ2n) is 5.13. The fourth-order valence-electron chi connectivity index (χ4n) is 2.46. The standard InChI is InChI=1S/C14H17F3INO/c15-14(16,17)10-19-6-2-3-11(8-19)9-20-13-5-1-4-12(18)7-13/h1,4-5,7,11H,2-3,6,8-10H2. The first-order chi connectivity index (χ1) is 9.42. The lowest BCUT2D eigenvalue weighted by Gasteiger charge is -2.32. The molecule has 1 aromatic rings. The first-order valence-electron chi connectivity index (χ1n) is 6.60. The lowest BCUT2D eigenvalue weighted by Crippen LogP contribution is -2.42. The van der Waals surface area contributed by atoms with Crippen LogP contribution in [-0.2, 0) is 0 Å². The molecule has 0 aliphatic carbocycles. The molecule has 1 heterocycles. The van der Waals surface area contributed by atoms with E-state index in [4.69, 9.17) is 4.74 Å². The molecule has 1 aromatic carbocycles. The number of nitrogens with zero attached hydrogens (tertiary/aromatic N) is 1. The van der Waals surface area contributed by atoms with Crippen molar-refractivity contribution < 1.29 is 17.9 Å². The molecule has 1 atom stereocenters. The molecule has 1 aliphatic heterocycles. The van der Waals surface area contributed by atoms with Crippen LogP contribution in [0.4, 0.5) is 13.2 Å². The average molecular weight is 399 g/mol. The number of ether oxygens (including phenoxy) is 1. The van der Waals surface area contributed by atoms with Gasteiger partial charge in [-0.3, -0.25) is 4.90 Å². The second kappa shape index (κ2) is 6.98. The summed E-state index contributed by atoms with van der Waals surface area (Å²) in [5.41, 5.74) is 0. The molecule has 0 N–H and O–H groups in total. The van der Waals surface area contributed by atoms with E-state index in [-0.39, 0.29) is 5.92 Å². The maximum absolute atomic E-state index is 12.4. The summed E-state index contributed by atoms with van der Waals surface area (Å²) in [5, 5.41) is 0. The summed E-state index contributed by atoms with van der Waals surface area (Å²) < 4.78 is 43.9. The fraction of sp³-hybridized carbons (Fsp3) is 0.571. The van der Waals surface area contributed by atoms with Gasteiger partial charge in [0.25, 0.3) is 0 Å². The second-order valence-corrected chi connectivity index (χ2v) is 6.37. The van der Waals surface area contributed by atoms with Crippen molar-refractivity contribution in [3.63, 3.8) is 0 Å². The molecule has 2 rings (SSSR count). The third kappa shape index (κ3) is 5.47. The molecule has 0 radical (unpaired) electrons. The minimum absolute atomic E-state index is 0.170. The van der Waals surface area contributed by atoms with Crippen LogP contribution in [0.15, 0.2) is 24.3 Å². The Bertz CT molecular complexity index is 439. The summed E-state index contributed by atoms with van der Waals surface area (Å²) in [6, 6.07) is 7.68. The SMILES string of the molecule is FC(F)(F)CN1CCCC(COc2cccc(I)c2)C1. The molecular formula is C14H17F3INO. The van der Waals surface area contributed by atoms with Crippen LogP contribution in [0.5, 0.6) is 5.75 Å². The normalized spacial score (nSPS) is 20.9. The van der Waals surface area contributed by atoms with E-state index in [1.807, 2.05) is 24.3 Å². The number of likely N-dealkylation sites (tertiary alicyclic amines) is 1. The highest BCUT2D eigenvalue weighted by molar-refractivity contribution is 14.1. The third-order valence-corrected chi connectivity index (χ3v) is 3.96. The molecule has 0 aromatic heterocycles. The maximum Gasteiger partial charge on any atom is 0.401 e. The van der Waals surface area contributed by atoms with Crippen LogP contribution < -0.4 is 4.74 Å². The van der Waals surface area contributed by atoms with Gasteiger partial charge in [0.05, 0.1) is 13.2 Å². The van der Waals surface area contributed by atoms with E-state index < -0.39 is 12.7 Å². The topological polar surface area (TPSA) is 12.5 Å². The number of piperidine rings is 1. The van der Waals surface area contributed by atoms with Gasteiger partial charge in [-0.15, -0.1) is 0 Å². The minimum atomic E-state index is -4.11. The van der Waals surface area contributed by atoms with Crippen molar-refractivity contribution >= 4 is 22.6 Å². The van der Waals surface area contributed by atoms with Gasteiger partial charge in [-0.1, -0.05) is 6.07 Å². The van der Waals surface area contributed by atoms with Gasteiger partial charge in [-0.05, 0) is 60.2 Å². The van der Waals surface area contributed by atoms with E-state index >= 15 is 0 Å². The Morgan fingerprint density at radius 3 is 2.85 bits per heavy atom. The molecule has 1 unspecified atom stereocenters. The Balaban J connectivity index is 1.81. The van der Waals surface area contributed by atoms with Gasteiger partial charge in [0.2, 0.25) is 0 Å². The zero-order valence-corrected chi connectivity index (χ0v) is 13.2. The summed E-state index contributed by atoms with van der Waals surface area (Å²) in [4.78, 5) is 1.48. The van der Waals surface area contributed by atoms with Crippen molar-refractivity contribution in [1.29, 1.82) is 0 Å². The number of alkyl halides is 3. The third-order valence-electron chi connectivity index (χ3n) is 3.29. The quantitative estimate of drug-likeness (QED) is 0.712. The molecule has 1 fully saturated rings. The van der Waals surface area contributed by atoms with Crippen molar-refractivity contribution in [1.82, 2.24) is 4.90 Å². The van der Waals surface area contributed by atoms with E-state index in [0.29, 0.717) is 19.7 Å². The number of halogens is 4. The van der Waals surface area contributed by atoms with Gasteiger partial charge < -0.3 is 4.74 Å². The van der Waals surface area contributed by atoms with E-state index in [2.05, 4.69) is 22.6 Å². The number of hydrogen-bond donors (Lipinski definition) is 0. The van der Waals surface area contributed by atoms with Gasteiger partial charge in [-0.2, -0.15) is 13.2 Å². The molecule has 1 aliphatic rings. The monoisotopic (exact) mass is 399 g/mol. The molecule has 6 heteroatoms. The first-order valence-corrected chi connectivity index (χ1v) is 7.68. The predicted octanol–water partition coefficient (Wildman–Crippen LogP) is 3.94. The molecule has 1 saturated heterocycles. The molecular weight excluding hydrogens is 382 g/mol. The maximum atomic E-state index is 12.4. The predicted molar refractivity (Wildman–Crippen MR) is 79.9 cm³/mol. The van der Waals surface area contributed by atoms with Crippen molar-refractivity contribution in [3.05, 3.63) is 27.8 Å². The van der Waals surface area contributed by atoms with Gasteiger partial charge in [0.1, 0.15) is 5.75 Å². The van der Waals surface area contributed by atoms with E-state index in [0.717, 1.165) is 22.2 Å². The lowest BCUT2D eigenvalue weighted by atomic mass is 9.99. The average Bonchev–Trinajstić information content (AvgIpc) is 2.35. The van der Waals surface area contributed by atoms with Crippen LogP contribution in [0.1, 0.15) is 12.8 Å². The molecule has 0 amide bonds. The highest BCUT2D eigenvalue weighted by Crippen LogP contribution is 2.23. The smallest absolute Gasteiger partial charge is 0.401 e. The number of benzene rings is 1. The van der Waals surface area contributed by atoms with Gasteiger partial charge in [0, 0.05) is 16.0 Å². The van der Waals surface area contributed by atoms with Crippen molar-refractivity contribution in [2.45, 2.75) is 19.0 Å². The fourth-order valence-corrected chi connectivity index (χ4v) is 2.97. The Morgan fingerprint density at radius 2 is 2.15 bits per heavy atom. The van der Waals surface area contributed by atoms with Crippen LogP contribution in [0.2, 0.25) is 0 Å². The van der Waals surface area contributed by atoms with Gasteiger partial charge in [-0.25, -0.2) is 0 Å². The molecule has 112 valence electrons. The summed E-state index contributed by atoms with van der Waals surface area (Å²) >= 11 is 2.20. The van der Waals surface area contributed by atoms with E-state index in [9.17, 15) is 13.2 Å². The minimum Gasteiger partial charge on any atom is -0.493 e. The van der Waals surface area contributed by atoms with Crippen LogP contribution in [-0.4, -0.2) is 37.3 Å². The Labute approximate surface area is 130 Å². The summed E-state index contributed by atoms with van der Waals surface area (Å²) in [7, 11) is 0. The molecule has 0 bridgehead atoms. The number of hydrogen-bond acceptors (Lipinski definition) is 2. The van der Waals surface area contributed by atoms with Crippen LogP contribution in [0, 0.1) is 9.49 Å². The van der Waals surface area contributed by atoms with Crippen molar-refractivity contribution in [2.24, 2.45) is 5.92 Å². The summed E-state index contributed by atoms with van der Waals surface area (Å²) in [5.74, 6) is 0.953. The van der Waals surface area contributed by atoms with Crippen LogP contribution in [0.25, 0.3) is 0 Å². The van der Waals surface area contributed by atoms with E-state index in [1.54, 1.807) is 0 Å². The molecule has 0 spiro atoms. The van der Waals surface area contributed by atoms with Crippen molar-refractivity contribution in [2.75, 3.05) is 26.2 Å². The summed E-state index contributed by atoms with van der Waals surface area (Å²) in [6.45, 7) is 0.657. The zero-order chi connectivity index (χ0) is 14.6. The summed E-state index contributed by atoms with van der Waals surface area (Å²) in [6.07, 6.45) is -2.38. The van der Waals surface area contributed by atoms with Gasteiger partial charge in [0.15, 0.2) is 0 Å². The highest BCUT2D eigenvalue weighted by Gasteiger charge is 2.33. The molecule has 2 nitrogen and oxygen atoms in total. The Kier molecular flexibility index (Phi) is 5.54. The molecule has 20 heavy (non-hydrogen) atoms.